The van der Waals surface area contributed by atoms with Crippen LogP contribution in [-0.4, -0.2) is 19.6 Å². The summed E-state index contributed by atoms with van der Waals surface area (Å²) in [5, 5.41) is 2.83. The molecular formula is C17H17NO3. The molecule has 1 aliphatic rings. The molecule has 1 N–H and O–H groups in total. The molecule has 4 heteroatoms. The van der Waals surface area contributed by atoms with Crippen LogP contribution in [0.4, 0.5) is 5.69 Å². The van der Waals surface area contributed by atoms with Gasteiger partial charge in [0.15, 0.2) is 6.61 Å². The van der Waals surface area contributed by atoms with Crippen LogP contribution in [0.1, 0.15) is 11.1 Å². The smallest absolute Gasteiger partial charge is 0.262 e. The summed E-state index contributed by atoms with van der Waals surface area (Å²) >= 11 is 0. The number of hydrogen-bond acceptors (Lipinski definition) is 3. The molecule has 2 aromatic carbocycles. The Morgan fingerprint density at radius 2 is 2.05 bits per heavy atom. The van der Waals surface area contributed by atoms with Crippen LogP contribution in [0.15, 0.2) is 42.5 Å². The van der Waals surface area contributed by atoms with Gasteiger partial charge in [0, 0.05) is 0 Å². The molecular weight excluding hydrogens is 266 g/mol. The van der Waals surface area contributed by atoms with Gasteiger partial charge >= 0.3 is 0 Å². The number of hydrogen-bond donors (Lipinski definition) is 1. The maximum Gasteiger partial charge on any atom is 0.262 e. The minimum absolute atomic E-state index is 0.0908. The van der Waals surface area contributed by atoms with E-state index in [4.69, 9.17) is 9.47 Å². The fraction of sp³-hybridized carbons (Fsp3) is 0.235. The minimum Gasteiger partial charge on any atom is -0.496 e. The Kier molecular flexibility index (Phi) is 3.77. The molecule has 0 bridgehead atoms. The normalized spacial score (nSPS) is 13.1. The number of ether oxygens (including phenoxy) is 2. The molecule has 2 aromatic rings. The van der Waals surface area contributed by atoms with Gasteiger partial charge in [0.05, 0.1) is 12.8 Å². The zero-order valence-electron chi connectivity index (χ0n) is 11.9. The van der Waals surface area contributed by atoms with Crippen LogP contribution >= 0.6 is 0 Å². The molecule has 1 heterocycles. The number of rotatable bonds is 4. The zero-order chi connectivity index (χ0) is 14.7. The number of methoxy groups -OCH3 is 1. The van der Waals surface area contributed by atoms with E-state index in [9.17, 15) is 4.79 Å². The second kappa shape index (κ2) is 5.87. The lowest BCUT2D eigenvalue weighted by molar-refractivity contribution is -0.118. The number of benzene rings is 2. The standard InChI is InChI=1S/C17H17NO3/c1-20-15-5-3-2-4-13(15)8-6-12-7-9-16-14(10-12)18-17(19)11-21-16/h2-5,7,9-10H,6,8,11H2,1H3,(H,18,19). The van der Waals surface area contributed by atoms with Crippen molar-refractivity contribution < 1.29 is 14.3 Å². The molecule has 108 valence electrons. The van der Waals surface area contributed by atoms with Crippen LogP contribution in [0.25, 0.3) is 0 Å². The van der Waals surface area contributed by atoms with Crippen molar-refractivity contribution in [3.8, 4) is 11.5 Å². The summed E-state index contributed by atoms with van der Waals surface area (Å²) in [5.41, 5.74) is 3.09. The van der Waals surface area contributed by atoms with E-state index in [1.807, 2.05) is 36.4 Å². The summed E-state index contributed by atoms with van der Waals surface area (Å²) in [7, 11) is 1.69. The molecule has 0 aliphatic carbocycles. The van der Waals surface area contributed by atoms with Gasteiger partial charge < -0.3 is 14.8 Å². The third kappa shape index (κ3) is 2.99. The number of amides is 1. The first-order valence-electron chi connectivity index (χ1n) is 6.94. The van der Waals surface area contributed by atoms with Crippen LogP contribution in [0, 0.1) is 0 Å². The Labute approximate surface area is 123 Å². The van der Waals surface area contributed by atoms with Gasteiger partial charge in [-0.05, 0) is 42.2 Å². The van der Waals surface area contributed by atoms with E-state index in [0.717, 1.165) is 35.6 Å². The first kappa shape index (κ1) is 13.5. The lowest BCUT2D eigenvalue weighted by Crippen LogP contribution is -2.25. The van der Waals surface area contributed by atoms with E-state index in [-0.39, 0.29) is 12.5 Å². The Morgan fingerprint density at radius 3 is 2.90 bits per heavy atom. The highest BCUT2D eigenvalue weighted by Gasteiger charge is 2.15. The summed E-state index contributed by atoms with van der Waals surface area (Å²) in [5.74, 6) is 1.53. The molecule has 0 radical (unpaired) electrons. The van der Waals surface area contributed by atoms with Gasteiger partial charge in [-0.3, -0.25) is 4.79 Å². The highest BCUT2D eigenvalue weighted by molar-refractivity contribution is 5.95. The number of para-hydroxylation sites is 1. The summed E-state index contributed by atoms with van der Waals surface area (Å²) in [6, 6.07) is 13.9. The van der Waals surface area contributed by atoms with E-state index < -0.39 is 0 Å². The van der Waals surface area contributed by atoms with Gasteiger partial charge in [0.2, 0.25) is 0 Å². The summed E-state index contributed by atoms with van der Waals surface area (Å²) in [6.45, 7) is 0.0908. The van der Waals surface area contributed by atoms with Gasteiger partial charge in [-0.15, -0.1) is 0 Å². The Bertz CT molecular complexity index is 667. The Balaban J connectivity index is 1.74. The van der Waals surface area contributed by atoms with Crippen LogP contribution in [0.3, 0.4) is 0 Å². The van der Waals surface area contributed by atoms with Gasteiger partial charge in [-0.1, -0.05) is 24.3 Å². The molecule has 1 amide bonds. The SMILES string of the molecule is COc1ccccc1CCc1ccc2c(c1)NC(=O)CO2. The van der Waals surface area contributed by atoms with E-state index in [1.54, 1.807) is 7.11 Å². The van der Waals surface area contributed by atoms with Crippen molar-refractivity contribution in [3.63, 3.8) is 0 Å². The second-order valence-corrected chi connectivity index (χ2v) is 4.98. The first-order valence-corrected chi connectivity index (χ1v) is 6.94. The minimum atomic E-state index is -0.107. The predicted octanol–water partition coefficient (Wildman–Crippen LogP) is 2.81. The van der Waals surface area contributed by atoms with Crippen LogP contribution in [0.2, 0.25) is 0 Å². The van der Waals surface area contributed by atoms with Crippen molar-refractivity contribution in [1.29, 1.82) is 0 Å². The fourth-order valence-corrected chi connectivity index (χ4v) is 2.47. The predicted molar refractivity (Wildman–Crippen MR) is 81.0 cm³/mol. The van der Waals surface area contributed by atoms with E-state index in [1.165, 1.54) is 5.56 Å². The molecule has 0 unspecified atom stereocenters. The third-order valence-electron chi connectivity index (χ3n) is 3.55. The zero-order valence-corrected chi connectivity index (χ0v) is 11.9. The average molecular weight is 283 g/mol. The van der Waals surface area contributed by atoms with Crippen molar-refractivity contribution in [2.24, 2.45) is 0 Å². The van der Waals surface area contributed by atoms with Gasteiger partial charge in [-0.2, -0.15) is 0 Å². The molecule has 4 nitrogen and oxygen atoms in total. The summed E-state index contributed by atoms with van der Waals surface area (Å²) in [4.78, 5) is 11.3. The Morgan fingerprint density at radius 1 is 1.19 bits per heavy atom. The van der Waals surface area contributed by atoms with Gasteiger partial charge in [0.1, 0.15) is 11.5 Å². The number of aryl methyl sites for hydroxylation is 2. The summed E-state index contributed by atoms with van der Waals surface area (Å²) < 4.78 is 10.7. The fourth-order valence-electron chi connectivity index (χ4n) is 2.47. The van der Waals surface area contributed by atoms with Crippen molar-refractivity contribution in [3.05, 3.63) is 53.6 Å². The molecule has 0 atom stereocenters. The van der Waals surface area contributed by atoms with Gasteiger partial charge in [0.25, 0.3) is 5.91 Å². The maximum absolute atomic E-state index is 11.3. The molecule has 0 fully saturated rings. The topological polar surface area (TPSA) is 47.6 Å². The number of anilines is 1. The van der Waals surface area contributed by atoms with E-state index in [2.05, 4.69) is 11.4 Å². The largest absolute Gasteiger partial charge is 0.496 e. The van der Waals surface area contributed by atoms with Crippen molar-refractivity contribution in [2.75, 3.05) is 19.0 Å². The number of carbonyl (C=O) groups is 1. The van der Waals surface area contributed by atoms with Crippen molar-refractivity contribution >= 4 is 11.6 Å². The quantitative estimate of drug-likeness (QED) is 0.938. The second-order valence-electron chi connectivity index (χ2n) is 4.98. The maximum atomic E-state index is 11.3. The summed E-state index contributed by atoms with van der Waals surface area (Å²) in [6.07, 6.45) is 1.77. The highest BCUT2D eigenvalue weighted by Crippen LogP contribution is 2.29. The van der Waals surface area contributed by atoms with Crippen molar-refractivity contribution in [2.45, 2.75) is 12.8 Å². The molecule has 0 spiro atoms. The number of nitrogens with one attached hydrogen (secondary N) is 1. The van der Waals surface area contributed by atoms with E-state index in [0.29, 0.717) is 0 Å². The Hall–Kier alpha value is -2.49. The highest BCUT2D eigenvalue weighted by atomic mass is 16.5. The molecule has 1 aliphatic heterocycles. The third-order valence-corrected chi connectivity index (χ3v) is 3.55. The van der Waals surface area contributed by atoms with Gasteiger partial charge in [-0.25, -0.2) is 0 Å². The lowest BCUT2D eigenvalue weighted by Gasteiger charge is -2.18. The molecule has 0 saturated carbocycles. The molecule has 0 saturated heterocycles. The van der Waals surface area contributed by atoms with E-state index >= 15 is 0 Å². The van der Waals surface area contributed by atoms with Crippen LogP contribution in [-0.2, 0) is 17.6 Å². The molecule has 3 rings (SSSR count). The first-order chi connectivity index (χ1) is 10.3. The van der Waals surface area contributed by atoms with Crippen LogP contribution < -0.4 is 14.8 Å². The molecule has 0 aromatic heterocycles. The molecule has 21 heavy (non-hydrogen) atoms. The van der Waals surface area contributed by atoms with Crippen LogP contribution in [0.5, 0.6) is 11.5 Å². The number of fused-ring (bicyclic) bond motifs is 1. The van der Waals surface area contributed by atoms with Crippen molar-refractivity contribution in [1.82, 2.24) is 0 Å². The average Bonchev–Trinajstić information content (AvgIpc) is 2.52. The number of carbonyl (C=O) groups excluding carboxylic acids is 1. The lowest BCUT2D eigenvalue weighted by atomic mass is 10.0. The monoisotopic (exact) mass is 283 g/mol.